The highest BCUT2D eigenvalue weighted by molar-refractivity contribution is 6.33. The minimum absolute atomic E-state index is 0.267. The Bertz CT molecular complexity index is 520. The molecule has 1 heterocycles. The molecule has 0 unspecified atom stereocenters. The van der Waals surface area contributed by atoms with Gasteiger partial charge in [-0.05, 0) is 13.0 Å². The normalized spacial score (nSPS) is 10.5. The Morgan fingerprint density at radius 1 is 1.12 bits per heavy atom. The predicted molar refractivity (Wildman–Crippen MR) is 62.2 cm³/mol. The van der Waals surface area contributed by atoms with Gasteiger partial charge >= 0.3 is 0 Å². The molecule has 0 saturated carbocycles. The Morgan fingerprint density at radius 3 is 2.31 bits per heavy atom. The van der Waals surface area contributed by atoms with E-state index in [-0.39, 0.29) is 10.3 Å². The van der Waals surface area contributed by atoms with Gasteiger partial charge in [0.1, 0.15) is 0 Å². The van der Waals surface area contributed by atoms with E-state index in [1.54, 1.807) is 0 Å². The second kappa shape index (κ2) is 4.36. The van der Waals surface area contributed by atoms with Gasteiger partial charge in [-0.1, -0.05) is 47.0 Å². The van der Waals surface area contributed by atoms with Crippen molar-refractivity contribution in [3.05, 3.63) is 46.0 Å². The van der Waals surface area contributed by atoms with E-state index in [2.05, 4.69) is 9.97 Å². The van der Waals surface area contributed by atoms with Crippen LogP contribution < -0.4 is 0 Å². The summed E-state index contributed by atoms with van der Waals surface area (Å²) in [5.74, 6) is -0.472. The van der Waals surface area contributed by atoms with Crippen molar-refractivity contribution >= 4 is 23.2 Å². The summed E-state index contributed by atoms with van der Waals surface area (Å²) in [7, 11) is 0. The van der Waals surface area contributed by atoms with Gasteiger partial charge in [0.25, 0.3) is 0 Å². The van der Waals surface area contributed by atoms with Crippen molar-refractivity contribution in [3.63, 3.8) is 0 Å². The molecule has 5 heteroatoms. The average Bonchev–Trinajstić information content (AvgIpc) is 2.25. The van der Waals surface area contributed by atoms with Gasteiger partial charge < -0.3 is 0 Å². The van der Waals surface area contributed by atoms with Crippen LogP contribution in [0.25, 0.3) is 11.4 Å². The van der Waals surface area contributed by atoms with Crippen molar-refractivity contribution < 1.29 is 4.39 Å². The number of hydrogen-bond donors (Lipinski definition) is 0. The molecule has 0 aliphatic rings. The number of nitrogens with zero attached hydrogens (tertiary/aromatic N) is 2. The first-order valence-electron chi connectivity index (χ1n) is 4.53. The van der Waals surface area contributed by atoms with E-state index in [4.69, 9.17) is 23.2 Å². The van der Waals surface area contributed by atoms with E-state index >= 15 is 0 Å². The number of hydrogen-bond acceptors (Lipinski definition) is 2. The molecule has 0 fully saturated rings. The highest BCUT2D eigenvalue weighted by atomic mass is 35.5. The summed E-state index contributed by atoms with van der Waals surface area (Å²) >= 11 is 11.2. The number of rotatable bonds is 1. The van der Waals surface area contributed by atoms with E-state index in [0.717, 1.165) is 11.1 Å². The number of aromatic nitrogens is 2. The molecular formula is C11H7Cl2FN2. The largest absolute Gasteiger partial charge is 0.213 e. The van der Waals surface area contributed by atoms with Gasteiger partial charge in [0.2, 0.25) is 0 Å². The molecule has 0 radical (unpaired) electrons. The molecule has 2 aromatic rings. The molecule has 1 aromatic carbocycles. The molecule has 16 heavy (non-hydrogen) atoms. The third kappa shape index (κ3) is 2.15. The van der Waals surface area contributed by atoms with Crippen molar-refractivity contribution in [1.29, 1.82) is 0 Å². The average molecular weight is 257 g/mol. The maximum absolute atomic E-state index is 13.1. The Balaban J connectivity index is 2.57. The number of aryl methyl sites for hydroxylation is 1. The van der Waals surface area contributed by atoms with Gasteiger partial charge in [0.15, 0.2) is 21.9 Å². The van der Waals surface area contributed by atoms with Crippen LogP contribution in [0.5, 0.6) is 0 Å². The maximum Gasteiger partial charge on any atom is 0.197 e. The third-order valence-electron chi connectivity index (χ3n) is 2.05. The smallest absolute Gasteiger partial charge is 0.197 e. The van der Waals surface area contributed by atoms with Crippen LogP contribution in [0.15, 0.2) is 24.3 Å². The summed E-state index contributed by atoms with van der Waals surface area (Å²) < 4.78 is 13.1. The summed E-state index contributed by atoms with van der Waals surface area (Å²) in [6.45, 7) is 1.94. The summed E-state index contributed by atoms with van der Waals surface area (Å²) in [4.78, 5) is 7.68. The fourth-order valence-electron chi connectivity index (χ4n) is 1.31. The van der Waals surface area contributed by atoms with E-state index in [1.165, 1.54) is 0 Å². The predicted octanol–water partition coefficient (Wildman–Crippen LogP) is 3.90. The van der Waals surface area contributed by atoms with Crippen LogP contribution in [0.3, 0.4) is 0 Å². The van der Waals surface area contributed by atoms with Crippen molar-refractivity contribution in [2.45, 2.75) is 6.92 Å². The SMILES string of the molecule is Cc1cccc(-c2nc(Cl)c(F)c(Cl)n2)c1. The lowest BCUT2D eigenvalue weighted by molar-refractivity contribution is 0.615. The Hall–Kier alpha value is -1.19. The first kappa shape index (κ1) is 11.3. The van der Waals surface area contributed by atoms with Crippen LogP contribution in [0.1, 0.15) is 5.56 Å². The Labute approximate surface area is 102 Å². The third-order valence-corrected chi connectivity index (χ3v) is 2.55. The van der Waals surface area contributed by atoms with E-state index < -0.39 is 5.82 Å². The van der Waals surface area contributed by atoms with Crippen molar-refractivity contribution in [2.24, 2.45) is 0 Å². The standard InChI is InChI=1S/C11H7Cl2FN2/c1-6-3-2-4-7(5-6)11-15-9(12)8(14)10(13)16-11/h2-5H,1H3. The van der Waals surface area contributed by atoms with Gasteiger partial charge in [-0.3, -0.25) is 0 Å². The lowest BCUT2D eigenvalue weighted by atomic mass is 10.1. The zero-order chi connectivity index (χ0) is 11.7. The molecule has 0 N–H and O–H groups in total. The molecule has 2 rings (SSSR count). The Kier molecular flexibility index (Phi) is 3.08. The van der Waals surface area contributed by atoms with Gasteiger partial charge in [-0.15, -0.1) is 0 Å². The zero-order valence-electron chi connectivity index (χ0n) is 8.34. The van der Waals surface area contributed by atoms with Gasteiger partial charge in [0.05, 0.1) is 0 Å². The van der Waals surface area contributed by atoms with Crippen LogP contribution in [0.4, 0.5) is 4.39 Å². The molecule has 0 spiro atoms. The topological polar surface area (TPSA) is 25.8 Å². The fraction of sp³-hybridized carbons (Fsp3) is 0.0909. The first-order chi connectivity index (χ1) is 7.58. The molecule has 0 amide bonds. The van der Waals surface area contributed by atoms with Gasteiger partial charge in [0, 0.05) is 5.56 Å². The van der Waals surface area contributed by atoms with E-state index in [0.29, 0.717) is 5.82 Å². The van der Waals surface area contributed by atoms with Gasteiger partial charge in [-0.2, -0.15) is 0 Å². The number of halogens is 3. The van der Waals surface area contributed by atoms with Crippen LogP contribution >= 0.6 is 23.2 Å². The van der Waals surface area contributed by atoms with E-state index in [9.17, 15) is 4.39 Å². The van der Waals surface area contributed by atoms with Crippen molar-refractivity contribution in [3.8, 4) is 11.4 Å². The molecule has 0 atom stereocenters. The second-order valence-corrected chi connectivity index (χ2v) is 4.03. The van der Waals surface area contributed by atoms with Crippen LogP contribution in [0, 0.1) is 12.7 Å². The van der Waals surface area contributed by atoms with Crippen LogP contribution in [0.2, 0.25) is 10.3 Å². The number of benzene rings is 1. The van der Waals surface area contributed by atoms with Crippen molar-refractivity contribution in [2.75, 3.05) is 0 Å². The van der Waals surface area contributed by atoms with Crippen LogP contribution in [-0.4, -0.2) is 9.97 Å². The quantitative estimate of drug-likeness (QED) is 0.724. The molecule has 0 saturated heterocycles. The lowest BCUT2D eigenvalue weighted by Gasteiger charge is -2.03. The summed E-state index contributed by atoms with van der Waals surface area (Å²) in [6, 6.07) is 7.49. The molecule has 2 nitrogen and oxygen atoms in total. The minimum Gasteiger partial charge on any atom is -0.213 e. The van der Waals surface area contributed by atoms with Crippen LogP contribution in [-0.2, 0) is 0 Å². The fourth-order valence-corrected chi connectivity index (χ4v) is 1.69. The summed E-state index contributed by atoms with van der Waals surface area (Å²) in [5, 5.41) is -0.534. The molecule has 0 aliphatic carbocycles. The molecule has 82 valence electrons. The van der Waals surface area contributed by atoms with Crippen molar-refractivity contribution in [1.82, 2.24) is 9.97 Å². The zero-order valence-corrected chi connectivity index (χ0v) is 9.85. The Morgan fingerprint density at radius 2 is 1.75 bits per heavy atom. The molecule has 0 aliphatic heterocycles. The second-order valence-electron chi connectivity index (χ2n) is 3.31. The monoisotopic (exact) mass is 256 g/mol. The summed E-state index contributed by atoms with van der Waals surface area (Å²) in [5.41, 5.74) is 1.81. The first-order valence-corrected chi connectivity index (χ1v) is 5.29. The van der Waals surface area contributed by atoms with Gasteiger partial charge in [-0.25, -0.2) is 14.4 Å². The molecule has 0 bridgehead atoms. The highest BCUT2D eigenvalue weighted by Crippen LogP contribution is 2.24. The molecule has 1 aromatic heterocycles. The minimum atomic E-state index is -0.792. The summed E-state index contributed by atoms with van der Waals surface area (Å²) in [6.07, 6.45) is 0. The lowest BCUT2D eigenvalue weighted by Crippen LogP contribution is -1.94. The van der Waals surface area contributed by atoms with E-state index in [1.807, 2.05) is 31.2 Å². The molecular weight excluding hydrogens is 250 g/mol. The maximum atomic E-state index is 13.1. The highest BCUT2D eigenvalue weighted by Gasteiger charge is 2.12.